The number of rotatable bonds is 1. The topological polar surface area (TPSA) is 17.1 Å². The Morgan fingerprint density at radius 1 is 1.21 bits per heavy atom. The summed E-state index contributed by atoms with van der Waals surface area (Å²) in [5.41, 5.74) is -1.25. The molecule has 1 unspecified atom stereocenters. The van der Waals surface area contributed by atoms with Crippen LogP contribution in [0.2, 0.25) is 0 Å². The number of Topliss-reactive ketones (excluding diaryl/α,β-unsaturated/α-hetero) is 1. The molecule has 2 rings (SSSR count). The van der Waals surface area contributed by atoms with Gasteiger partial charge in [0.25, 0.3) is 0 Å². The van der Waals surface area contributed by atoms with Crippen molar-refractivity contribution in [2.45, 2.75) is 36.7 Å². The van der Waals surface area contributed by atoms with Gasteiger partial charge in [-0.1, -0.05) is 12.5 Å². The summed E-state index contributed by atoms with van der Waals surface area (Å²) in [6.07, 6.45) is -2.77. The molecule has 1 aliphatic rings. The second-order valence-corrected chi connectivity index (χ2v) is 5.27. The summed E-state index contributed by atoms with van der Waals surface area (Å²) in [4.78, 5) is 10.4. The smallest absolute Gasteiger partial charge is 0.297 e. The molecule has 19 heavy (non-hydrogen) atoms. The van der Waals surface area contributed by atoms with Crippen LogP contribution in [0.3, 0.4) is 0 Å². The standard InChI is InChI=1S/C13H11ClF4O/c14-12(6-2-1-3-11(12)19)8-4-5-9(10(15)7-8)13(16,17)18/h4-5,7H,1-3,6H2. The fourth-order valence-electron chi connectivity index (χ4n) is 2.29. The maximum absolute atomic E-state index is 13.5. The van der Waals surface area contributed by atoms with E-state index in [4.69, 9.17) is 11.6 Å². The lowest BCUT2D eigenvalue weighted by Crippen LogP contribution is -2.33. The summed E-state index contributed by atoms with van der Waals surface area (Å²) in [5.74, 6) is -1.66. The highest BCUT2D eigenvalue weighted by Gasteiger charge is 2.41. The lowest BCUT2D eigenvalue weighted by molar-refractivity contribution is -0.140. The number of hydrogen-bond donors (Lipinski definition) is 0. The zero-order valence-electron chi connectivity index (χ0n) is 9.86. The number of benzene rings is 1. The van der Waals surface area contributed by atoms with Crippen LogP contribution in [-0.2, 0) is 15.8 Å². The van der Waals surface area contributed by atoms with Crippen molar-refractivity contribution in [1.29, 1.82) is 0 Å². The minimum Gasteiger partial charge on any atom is -0.297 e. The van der Waals surface area contributed by atoms with E-state index in [2.05, 4.69) is 0 Å². The molecule has 0 N–H and O–H groups in total. The Balaban J connectivity index is 2.42. The van der Waals surface area contributed by atoms with Crippen molar-refractivity contribution in [3.8, 4) is 0 Å². The minimum atomic E-state index is -4.75. The van der Waals surface area contributed by atoms with E-state index in [-0.39, 0.29) is 17.8 Å². The summed E-state index contributed by atoms with van der Waals surface area (Å²) in [6.45, 7) is 0. The van der Waals surface area contributed by atoms with Crippen LogP contribution in [0.5, 0.6) is 0 Å². The average molecular weight is 295 g/mol. The van der Waals surface area contributed by atoms with E-state index in [0.717, 1.165) is 12.1 Å². The fraction of sp³-hybridized carbons (Fsp3) is 0.462. The van der Waals surface area contributed by atoms with Gasteiger partial charge in [0.15, 0.2) is 5.78 Å². The van der Waals surface area contributed by atoms with E-state index in [9.17, 15) is 22.4 Å². The molecule has 0 heterocycles. The SMILES string of the molecule is O=C1CCCCC1(Cl)c1ccc(C(F)(F)F)c(F)c1. The molecule has 1 saturated carbocycles. The molecule has 1 atom stereocenters. The first-order valence-electron chi connectivity index (χ1n) is 5.84. The van der Waals surface area contributed by atoms with Crippen LogP contribution in [0.4, 0.5) is 17.6 Å². The highest BCUT2D eigenvalue weighted by Crippen LogP contribution is 2.42. The number of ketones is 1. The van der Waals surface area contributed by atoms with E-state index < -0.39 is 22.4 Å². The Labute approximate surface area is 112 Å². The molecule has 104 valence electrons. The molecule has 1 aliphatic carbocycles. The Morgan fingerprint density at radius 3 is 2.42 bits per heavy atom. The van der Waals surface area contributed by atoms with Gasteiger partial charge in [-0.05, 0) is 30.5 Å². The Kier molecular flexibility index (Phi) is 3.60. The summed E-state index contributed by atoms with van der Waals surface area (Å²) in [6, 6.07) is 2.44. The van der Waals surface area contributed by atoms with Gasteiger partial charge in [0.2, 0.25) is 0 Å². The van der Waals surface area contributed by atoms with Gasteiger partial charge < -0.3 is 0 Å². The molecule has 0 spiro atoms. The number of carbonyl (C=O) groups is 1. The molecular formula is C13H11ClF4O. The van der Waals surface area contributed by atoms with Crippen molar-refractivity contribution in [3.63, 3.8) is 0 Å². The number of carbonyl (C=O) groups excluding carboxylic acids is 1. The highest BCUT2D eigenvalue weighted by molar-refractivity contribution is 6.35. The third-order valence-electron chi connectivity index (χ3n) is 3.35. The van der Waals surface area contributed by atoms with Crippen LogP contribution >= 0.6 is 11.6 Å². The van der Waals surface area contributed by atoms with Crippen molar-refractivity contribution in [1.82, 2.24) is 0 Å². The lowest BCUT2D eigenvalue weighted by atomic mass is 9.82. The first-order chi connectivity index (χ1) is 8.75. The second kappa shape index (κ2) is 4.78. The zero-order valence-corrected chi connectivity index (χ0v) is 10.6. The zero-order chi connectivity index (χ0) is 14.3. The van der Waals surface area contributed by atoms with Gasteiger partial charge >= 0.3 is 6.18 Å². The summed E-state index contributed by atoms with van der Waals surface area (Å²) in [5, 5.41) is 0. The van der Waals surface area contributed by atoms with E-state index in [1.807, 2.05) is 0 Å². The third kappa shape index (κ3) is 2.61. The summed E-state index contributed by atoms with van der Waals surface area (Å²) >= 11 is 6.19. The third-order valence-corrected chi connectivity index (χ3v) is 3.97. The fourth-order valence-corrected chi connectivity index (χ4v) is 2.63. The van der Waals surface area contributed by atoms with Crippen LogP contribution in [-0.4, -0.2) is 5.78 Å². The van der Waals surface area contributed by atoms with Gasteiger partial charge in [-0.25, -0.2) is 4.39 Å². The molecular weight excluding hydrogens is 284 g/mol. The molecule has 0 saturated heterocycles. The molecule has 6 heteroatoms. The number of hydrogen-bond acceptors (Lipinski definition) is 1. The molecule has 1 nitrogen and oxygen atoms in total. The first-order valence-corrected chi connectivity index (χ1v) is 6.22. The molecule has 0 aromatic heterocycles. The predicted octanol–water partition coefficient (Wildman–Crippen LogP) is 4.42. The van der Waals surface area contributed by atoms with Crippen molar-refractivity contribution in [3.05, 3.63) is 35.1 Å². The van der Waals surface area contributed by atoms with Gasteiger partial charge in [-0.2, -0.15) is 13.2 Å². The minimum absolute atomic E-state index is 0.101. The lowest BCUT2D eigenvalue weighted by Gasteiger charge is -2.30. The molecule has 1 aromatic rings. The summed E-state index contributed by atoms with van der Waals surface area (Å²) < 4.78 is 50.9. The summed E-state index contributed by atoms with van der Waals surface area (Å²) in [7, 11) is 0. The predicted molar refractivity (Wildman–Crippen MR) is 62.4 cm³/mol. The van der Waals surface area contributed by atoms with E-state index in [1.165, 1.54) is 0 Å². The van der Waals surface area contributed by atoms with E-state index in [1.54, 1.807) is 0 Å². The van der Waals surface area contributed by atoms with Crippen molar-refractivity contribution in [2.24, 2.45) is 0 Å². The maximum atomic E-state index is 13.5. The van der Waals surface area contributed by atoms with Crippen LogP contribution in [0, 0.1) is 5.82 Å². The second-order valence-electron chi connectivity index (χ2n) is 4.62. The van der Waals surface area contributed by atoms with Gasteiger partial charge in [-0.3, -0.25) is 4.79 Å². The van der Waals surface area contributed by atoms with Gasteiger partial charge in [-0.15, -0.1) is 11.6 Å². The van der Waals surface area contributed by atoms with Crippen LogP contribution < -0.4 is 0 Å². The normalized spacial score (nSPS) is 24.6. The molecule has 0 aliphatic heterocycles. The number of halogens is 5. The Hall–Kier alpha value is -1.10. The largest absolute Gasteiger partial charge is 0.419 e. The van der Waals surface area contributed by atoms with Gasteiger partial charge in [0.1, 0.15) is 10.7 Å². The van der Waals surface area contributed by atoms with Gasteiger partial charge in [0.05, 0.1) is 5.56 Å². The quantitative estimate of drug-likeness (QED) is 0.553. The highest BCUT2D eigenvalue weighted by atomic mass is 35.5. The van der Waals surface area contributed by atoms with Crippen molar-refractivity contribution >= 4 is 17.4 Å². The number of alkyl halides is 4. The van der Waals surface area contributed by atoms with E-state index >= 15 is 0 Å². The first kappa shape index (κ1) is 14.3. The van der Waals surface area contributed by atoms with E-state index in [0.29, 0.717) is 25.3 Å². The molecule has 0 bridgehead atoms. The van der Waals surface area contributed by atoms with Crippen LogP contribution in [0.15, 0.2) is 18.2 Å². The maximum Gasteiger partial charge on any atom is 0.419 e. The van der Waals surface area contributed by atoms with Crippen LogP contribution in [0.1, 0.15) is 36.8 Å². The molecule has 0 amide bonds. The van der Waals surface area contributed by atoms with Crippen molar-refractivity contribution < 1.29 is 22.4 Å². The molecule has 0 radical (unpaired) electrons. The van der Waals surface area contributed by atoms with Crippen LogP contribution in [0.25, 0.3) is 0 Å². The average Bonchev–Trinajstić information content (AvgIpc) is 2.31. The van der Waals surface area contributed by atoms with Gasteiger partial charge in [0, 0.05) is 6.42 Å². The molecule has 1 fully saturated rings. The van der Waals surface area contributed by atoms with Crippen molar-refractivity contribution in [2.75, 3.05) is 0 Å². The Morgan fingerprint density at radius 2 is 1.89 bits per heavy atom. The molecule has 1 aromatic carbocycles. The monoisotopic (exact) mass is 294 g/mol. The Bertz CT molecular complexity index is 512.